The van der Waals surface area contributed by atoms with Gasteiger partial charge in [-0.1, -0.05) is 56.3 Å². The predicted molar refractivity (Wildman–Crippen MR) is 157 cm³/mol. The minimum absolute atomic E-state index is 0.0135. The normalized spacial score (nSPS) is 25.4. The van der Waals surface area contributed by atoms with Crippen molar-refractivity contribution in [3.8, 4) is 0 Å². The lowest BCUT2D eigenvalue weighted by Gasteiger charge is -2.32. The Hall–Kier alpha value is -3.71. The number of benzene rings is 2. The molecule has 2 aromatic carbocycles. The molecule has 2 aromatic rings. The second-order valence-corrected chi connectivity index (χ2v) is 12.4. The van der Waals surface area contributed by atoms with E-state index in [9.17, 15) is 9.59 Å². The molecule has 7 heteroatoms. The van der Waals surface area contributed by atoms with Crippen molar-refractivity contribution in [1.82, 2.24) is 5.32 Å². The van der Waals surface area contributed by atoms with Crippen molar-refractivity contribution in [1.29, 1.82) is 0 Å². The van der Waals surface area contributed by atoms with Gasteiger partial charge in [-0.05, 0) is 81.4 Å². The maximum absolute atomic E-state index is 13.4. The number of esters is 1. The van der Waals surface area contributed by atoms with Gasteiger partial charge < -0.3 is 9.47 Å². The van der Waals surface area contributed by atoms with Crippen LogP contribution in [0.3, 0.4) is 0 Å². The van der Waals surface area contributed by atoms with Gasteiger partial charge in [0.05, 0.1) is 5.71 Å². The smallest absolute Gasteiger partial charge is 0.417 e. The van der Waals surface area contributed by atoms with Gasteiger partial charge in [-0.15, -0.1) is 0 Å². The molecule has 1 amide bonds. The Morgan fingerprint density at radius 1 is 1.07 bits per heavy atom. The Morgan fingerprint density at radius 2 is 1.77 bits per heavy atom. The van der Waals surface area contributed by atoms with Crippen LogP contribution < -0.4 is 10.6 Å². The molecule has 2 heterocycles. The highest BCUT2D eigenvalue weighted by Gasteiger charge is 2.58. The van der Waals surface area contributed by atoms with Gasteiger partial charge in [0, 0.05) is 29.6 Å². The van der Waals surface area contributed by atoms with E-state index in [1.165, 1.54) is 11.1 Å². The number of nitrogens with one attached hydrogen (secondary N) is 2. The van der Waals surface area contributed by atoms with Crippen molar-refractivity contribution >= 4 is 23.5 Å². The number of ether oxygens (including phenoxy) is 2. The second-order valence-electron chi connectivity index (χ2n) is 12.4. The molecule has 1 aliphatic carbocycles. The Kier molecular flexibility index (Phi) is 7.44. The van der Waals surface area contributed by atoms with E-state index in [-0.39, 0.29) is 23.7 Å². The zero-order valence-corrected chi connectivity index (χ0v) is 24.2. The molecule has 4 atom stereocenters. The molecule has 2 aliphatic heterocycles. The van der Waals surface area contributed by atoms with Gasteiger partial charge in [-0.25, -0.2) is 9.59 Å². The first kappa shape index (κ1) is 27.8. The summed E-state index contributed by atoms with van der Waals surface area (Å²) >= 11 is 0. The molecule has 0 radical (unpaired) electrons. The Balaban J connectivity index is 1.42. The van der Waals surface area contributed by atoms with Gasteiger partial charge in [0.1, 0.15) is 11.3 Å². The third kappa shape index (κ3) is 5.75. The first-order valence-electron chi connectivity index (χ1n) is 14.1. The monoisotopic (exact) mass is 541 g/mol. The van der Waals surface area contributed by atoms with Crippen LogP contribution in [-0.2, 0) is 20.7 Å². The van der Waals surface area contributed by atoms with E-state index in [4.69, 9.17) is 14.5 Å². The number of hydrogen-bond donors (Lipinski definition) is 2. The van der Waals surface area contributed by atoms with Crippen LogP contribution in [0.4, 0.5) is 10.5 Å². The van der Waals surface area contributed by atoms with Gasteiger partial charge in [0.2, 0.25) is 0 Å². The molecule has 1 saturated heterocycles. The molecule has 3 unspecified atom stereocenters. The van der Waals surface area contributed by atoms with E-state index in [1.807, 2.05) is 63.2 Å². The Labute approximate surface area is 236 Å². The molecule has 5 rings (SSSR count). The Morgan fingerprint density at radius 3 is 2.42 bits per heavy atom. The lowest BCUT2D eigenvalue weighted by atomic mass is 9.71. The van der Waals surface area contributed by atoms with Crippen molar-refractivity contribution in [3.05, 3.63) is 89.2 Å². The first-order chi connectivity index (χ1) is 18.9. The fourth-order valence-electron chi connectivity index (χ4n) is 6.07. The van der Waals surface area contributed by atoms with Crippen LogP contribution in [0.1, 0.15) is 58.6 Å². The zero-order valence-electron chi connectivity index (χ0n) is 24.2. The van der Waals surface area contributed by atoms with Crippen molar-refractivity contribution in [2.24, 2.45) is 22.7 Å². The maximum atomic E-state index is 13.4. The number of carbonyl (C=O) groups is 2. The largest absolute Gasteiger partial charge is 0.457 e. The molecule has 3 aliphatic rings. The first-order valence-corrected chi connectivity index (χ1v) is 14.1. The molecule has 1 fully saturated rings. The number of rotatable bonds is 6. The molecule has 7 nitrogen and oxygen atoms in total. The second kappa shape index (κ2) is 10.7. The zero-order chi connectivity index (χ0) is 28.7. The summed E-state index contributed by atoms with van der Waals surface area (Å²) in [6.45, 7) is 12.7. The van der Waals surface area contributed by atoms with Crippen LogP contribution in [0.15, 0.2) is 83.1 Å². The van der Waals surface area contributed by atoms with Gasteiger partial charge in [0.15, 0.2) is 5.76 Å². The van der Waals surface area contributed by atoms with E-state index in [2.05, 4.69) is 43.5 Å². The summed E-state index contributed by atoms with van der Waals surface area (Å²) in [4.78, 5) is 31.5. The standard InChI is InChI=1S/C33H39N3O4/c1-20(2)22-12-14-24(15-13-22)35-31(38)39-26-17-16-25(30(37)40-32(3,4)5)27-28-23(18-21-10-8-7-9-11-21)19-34-33(28,6)36-29(26)27/h7-17,20,23,27-28,34H,18-19H2,1-6H3,(H,35,38)/t23?,27?,28?,33-/m0/s1. The fourth-order valence-corrected chi connectivity index (χ4v) is 6.07. The van der Waals surface area contributed by atoms with E-state index < -0.39 is 17.4 Å². The molecule has 0 bridgehead atoms. The highest BCUT2D eigenvalue weighted by Crippen LogP contribution is 2.50. The molecular formula is C33H39N3O4. The minimum atomic E-state index is -0.639. The number of amides is 1. The maximum Gasteiger partial charge on any atom is 0.417 e. The van der Waals surface area contributed by atoms with Crippen LogP contribution in [0.2, 0.25) is 0 Å². The number of allylic oxidation sites excluding steroid dienone is 3. The SMILES string of the molecule is CC(C)c1ccc(NC(=O)OC2=CC=C(C(=O)OC(C)(C)C)C3C2=N[C@]2(C)NCC(Cc4ccccc4)C32)cc1. The highest BCUT2D eigenvalue weighted by molar-refractivity contribution is 6.12. The van der Waals surface area contributed by atoms with E-state index in [1.54, 1.807) is 12.2 Å². The average molecular weight is 542 g/mol. The van der Waals surface area contributed by atoms with Gasteiger partial charge >= 0.3 is 12.1 Å². The molecule has 40 heavy (non-hydrogen) atoms. The van der Waals surface area contributed by atoms with Crippen LogP contribution in [0.5, 0.6) is 0 Å². The summed E-state index contributed by atoms with van der Waals surface area (Å²) in [7, 11) is 0. The minimum Gasteiger partial charge on any atom is -0.457 e. The predicted octanol–water partition coefficient (Wildman–Crippen LogP) is 6.39. The number of fused-ring (bicyclic) bond motifs is 3. The van der Waals surface area contributed by atoms with Crippen LogP contribution in [0, 0.1) is 17.8 Å². The average Bonchev–Trinajstić information content (AvgIpc) is 3.36. The summed E-state index contributed by atoms with van der Waals surface area (Å²) in [5.41, 5.74) is 2.98. The summed E-state index contributed by atoms with van der Waals surface area (Å²) in [6.07, 6.45) is 3.64. The third-order valence-electron chi connectivity index (χ3n) is 7.89. The van der Waals surface area contributed by atoms with Crippen molar-refractivity contribution in [2.45, 2.75) is 65.1 Å². The number of hydrogen-bond acceptors (Lipinski definition) is 6. The lowest BCUT2D eigenvalue weighted by Crippen LogP contribution is -2.41. The van der Waals surface area contributed by atoms with Crippen molar-refractivity contribution < 1.29 is 19.1 Å². The molecular weight excluding hydrogens is 502 g/mol. The number of aliphatic imine (C=N–C) groups is 1. The summed E-state index contributed by atoms with van der Waals surface area (Å²) < 4.78 is 11.6. The molecule has 2 N–H and O–H groups in total. The van der Waals surface area contributed by atoms with Crippen LogP contribution in [-0.4, -0.2) is 35.6 Å². The fraction of sp³-hybridized carbons (Fsp3) is 0.424. The van der Waals surface area contributed by atoms with Gasteiger partial charge in [-0.3, -0.25) is 15.6 Å². The lowest BCUT2D eigenvalue weighted by molar-refractivity contribution is -0.150. The summed E-state index contributed by atoms with van der Waals surface area (Å²) in [5, 5.41) is 6.42. The number of nitrogens with zero attached hydrogens (tertiary/aromatic N) is 1. The van der Waals surface area contributed by atoms with Crippen molar-refractivity contribution in [3.63, 3.8) is 0 Å². The third-order valence-corrected chi connectivity index (χ3v) is 7.89. The molecule has 0 saturated carbocycles. The van der Waals surface area contributed by atoms with E-state index in [0.717, 1.165) is 13.0 Å². The van der Waals surface area contributed by atoms with Crippen LogP contribution in [0.25, 0.3) is 0 Å². The van der Waals surface area contributed by atoms with Crippen molar-refractivity contribution in [2.75, 3.05) is 11.9 Å². The summed E-state index contributed by atoms with van der Waals surface area (Å²) in [5.74, 6) is 0.227. The number of anilines is 1. The number of carbonyl (C=O) groups excluding carboxylic acids is 2. The van der Waals surface area contributed by atoms with Gasteiger partial charge in [-0.2, -0.15) is 0 Å². The molecule has 0 aromatic heterocycles. The topological polar surface area (TPSA) is 89.0 Å². The molecule has 0 spiro atoms. The summed E-state index contributed by atoms with van der Waals surface area (Å²) in [6, 6.07) is 18.1. The van der Waals surface area contributed by atoms with E-state index in [0.29, 0.717) is 28.6 Å². The van der Waals surface area contributed by atoms with Gasteiger partial charge in [0.25, 0.3) is 0 Å². The highest BCUT2D eigenvalue weighted by atomic mass is 16.6. The van der Waals surface area contributed by atoms with E-state index >= 15 is 0 Å². The Bertz CT molecular complexity index is 1370. The van der Waals surface area contributed by atoms with Crippen LogP contribution >= 0.6 is 0 Å². The quantitative estimate of drug-likeness (QED) is 0.414. The molecule has 210 valence electrons.